The second-order valence-electron chi connectivity index (χ2n) is 5.77. The average Bonchev–Trinajstić information content (AvgIpc) is 2.44. The van der Waals surface area contributed by atoms with Crippen LogP contribution in [0.3, 0.4) is 0 Å². The molecule has 1 aliphatic carbocycles. The Balaban J connectivity index is 1.56. The van der Waals surface area contributed by atoms with Crippen LogP contribution in [-0.2, 0) is 0 Å². The molecule has 1 aliphatic heterocycles. The summed E-state index contributed by atoms with van der Waals surface area (Å²) in [6, 6.07) is 9.13. The van der Waals surface area contributed by atoms with E-state index in [-0.39, 0.29) is 0 Å². The van der Waals surface area contributed by atoms with Gasteiger partial charge in [0.15, 0.2) is 5.96 Å². The average molecular weight is 289 g/mol. The van der Waals surface area contributed by atoms with Gasteiger partial charge in [-0.15, -0.1) is 0 Å². The molecule has 1 heterocycles. The van der Waals surface area contributed by atoms with E-state index in [1.165, 1.54) is 22.6 Å². The van der Waals surface area contributed by atoms with Crippen molar-refractivity contribution in [3.8, 4) is 0 Å². The zero-order valence-corrected chi connectivity index (χ0v) is 12.9. The molecule has 1 saturated heterocycles. The Morgan fingerprint density at radius 2 is 1.95 bits per heavy atom. The first-order chi connectivity index (χ1) is 9.74. The third-order valence-corrected chi connectivity index (χ3v) is 5.33. The Labute approximate surface area is 125 Å². The number of benzene rings is 1. The Morgan fingerprint density at radius 3 is 2.65 bits per heavy atom. The highest BCUT2D eigenvalue weighted by Gasteiger charge is 2.31. The maximum Gasteiger partial charge on any atom is 0.191 e. The van der Waals surface area contributed by atoms with Gasteiger partial charge in [0.25, 0.3) is 0 Å². The van der Waals surface area contributed by atoms with Gasteiger partial charge in [0.05, 0.1) is 6.04 Å². The fourth-order valence-electron chi connectivity index (χ4n) is 3.05. The van der Waals surface area contributed by atoms with Crippen molar-refractivity contribution in [1.82, 2.24) is 4.90 Å². The van der Waals surface area contributed by atoms with Crippen LogP contribution in [0.5, 0.6) is 0 Å². The third-order valence-electron chi connectivity index (χ3n) is 4.39. The summed E-state index contributed by atoms with van der Waals surface area (Å²) in [4.78, 5) is 6.96. The van der Waals surface area contributed by atoms with Crippen LogP contribution < -0.4 is 5.73 Å². The zero-order valence-electron chi connectivity index (χ0n) is 12.1. The van der Waals surface area contributed by atoms with Gasteiger partial charge < -0.3 is 10.6 Å². The van der Waals surface area contributed by atoms with E-state index in [0.717, 1.165) is 31.9 Å². The van der Waals surface area contributed by atoms with Gasteiger partial charge in [-0.05, 0) is 36.8 Å². The molecule has 0 aromatic heterocycles. The van der Waals surface area contributed by atoms with Gasteiger partial charge in [0.2, 0.25) is 0 Å². The summed E-state index contributed by atoms with van der Waals surface area (Å²) in [5.41, 5.74) is 9.04. The number of nitrogens with zero attached hydrogens (tertiary/aromatic N) is 2. The molecule has 4 heteroatoms. The second-order valence-corrected chi connectivity index (χ2v) is 6.99. The van der Waals surface area contributed by atoms with Crippen LogP contribution in [0.4, 0.5) is 0 Å². The predicted octanol–water partition coefficient (Wildman–Crippen LogP) is 2.60. The Hall–Kier alpha value is -1.16. The minimum Gasteiger partial charge on any atom is -0.370 e. The van der Waals surface area contributed by atoms with E-state index in [0.29, 0.717) is 12.0 Å². The fraction of sp³-hybridized carbons (Fsp3) is 0.562. The van der Waals surface area contributed by atoms with E-state index in [9.17, 15) is 0 Å². The molecule has 1 aromatic carbocycles. The van der Waals surface area contributed by atoms with Crippen molar-refractivity contribution in [3.05, 3.63) is 35.4 Å². The molecule has 1 aromatic rings. The summed E-state index contributed by atoms with van der Waals surface area (Å²) < 4.78 is 0. The van der Waals surface area contributed by atoms with Crippen LogP contribution in [-0.4, -0.2) is 41.5 Å². The standard InChI is InChI=1S/C16H23N3S/c1-12-4-2-3-5-15(12)13-10-14(11-13)18-16(17)19-6-8-20-9-7-19/h2-5,13-14H,6-11H2,1H3,(H2,17,18). The molecule has 0 spiro atoms. The molecule has 0 amide bonds. The maximum atomic E-state index is 6.14. The molecule has 0 unspecified atom stereocenters. The molecular weight excluding hydrogens is 266 g/mol. The molecule has 3 nitrogen and oxygen atoms in total. The lowest BCUT2D eigenvalue weighted by Crippen LogP contribution is -2.44. The number of rotatable bonds is 2. The highest BCUT2D eigenvalue weighted by molar-refractivity contribution is 7.99. The Kier molecular flexibility index (Phi) is 4.20. The highest BCUT2D eigenvalue weighted by atomic mass is 32.2. The van der Waals surface area contributed by atoms with Gasteiger partial charge in [0, 0.05) is 24.6 Å². The molecule has 1 saturated carbocycles. The number of thioether (sulfide) groups is 1. The largest absolute Gasteiger partial charge is 0.370 e. The fourth-order valence-corrected chi connectivity index (χ4v) is 3.96. The topological polar surface area (TPSA) is 41.6 Å². The smallest absolute Gasteiger partial charge is 0.191 e. The number of aliphatic imine (C=N–C) groups is 1. The first-order valence-electron chi connectivity index (χ1n) is 7.45. The molecule has 0 atom stereocenters. The van der Waals surface area contributed by atoms with Crippen LogP contribution in [0.2, 0.25) is 0 Å². The predicted molar refractivity (Wildman–Crippen MR) is 87.5 cm³/mol. The van der Waals surface area contributed by atoms with Gasteiger partial charge in [-0.1, -0.05) is 24.3 Å². The summed E-state index contributed by atoms with van der Waals surface area (Å²) >= 11 is 2.00. The molecule has 0 radical (unpaired) electrons. The van der Waals surface area contributed by atoms with Gasteiger partial charge in [-0.2, -0.15) is 11.8 Å². The van der Waals surface area contributed by atoms with E-state index in [4.69, 9.17) is 10.7 Å². The second kappa shape index (κ2) is 6.08. The van der Waals surface area contributed by atoms with Crippen molar-refractivity contribution in [2.24, 2.45) is 10.7 Å². The number of hydrogen-bond donors (Lipinski definition) is 1. The molecule has 0 bridgehead atoms. The van der Waals surface area contributed by atoms with Crippen molar-refractivity contribution in [3.63, 3.8) is 0 Å². The summed E-state index contributed by atoms with van der Waals surface area (Å²) in [6.07, 6.45) is 2.29. The van der Waals surface area contributed by atoms with E-state index in [1.54, 1.807) is 0 Å². The quantitative estimate of drug-likeness (QED) is 0.672. The van der Waals surface area contributed by atoms with Crippen LogP contribution in [0.25, 0.3) is 0 Å². The SMILES string of the molecule is Cc1ccccc1C1CC(N=C(N)N2CCSCC2)C1. The molecule has 2 fully saturated rings. The molecule has 2 aliphatic rings. The Morgan fingerprint density at radius 1 is 1.25 bits per heavy atom. The van der Waals surface area contributed by atoms with Crippen molar-refractivity contribution in [2.75, 3.05) is 24.6 Å². The number of aryl methyl sites for hydroxylation is 1. The van der Waals surface area contributed by atoms with E-state index < -0.39 is 0 Å². The lowest BCUT2D eigenvalue weighted by atomic mass is 9.75. The van der Waals surface area contributed by atoms with Gasteiger partial charge >= 0.3 is 0 Å². The van der Waals surface area contributed by atoms with Gasteiger partial charge in [0.1, 0.15) is 0 Å². The van der Waals surface area contributed by atoms with Crippen molar-refractivity contribution < 1.29 is 0 Å². The molecule has 3 rings (SSSR count). The third kappa shape index (κ3) is 2.95. The molecule has 2 N–H and O–H groups in total. The summed E-state index contributed by atoms with van der Waals surface area (Å²) in [7, 11) is 0. The highest BCUT2D eigenvalue weighted by Crippen LogP contribution is 2.40. The number of hydrogen-bond acceptors (Lipinski definition) is 2. The Bertz CT molecular complexity index is 488. The zero-order chi connectivity index (χ0) is 13.9. The minimum atomic E-state index is 0.425. The maximum absolute atomic E-state index is 6.14. The normalized spacial score (nSPS) is 27.2. The van der Waals surface area contributed by atoms with Crippen molar-refractivity contribution in [2.45, 2.75) is 31.7 Å². The molecular formula is C16H23N3S. The van der Waals surface area contributed by atoms with Crippen molar-refractivity contribution >= 4 is 17.7 Å². The van der Waals surface area contributed by atoms with Crippen LogP contribution in [0.1, 0.15) is 29.9 Å². The van der Waals surface area contributed by atoms with Gasteiger partial charge in [-0.3, -0.25) is 0 Å². The summed E-state index contributed by atoms with van der Waals surface area (Å²) in [6.45, 7) is 4.30. The van der Waals surface area contributed by atoms with Crippen LogP contribution in [0, 0.1) is 6.92 Å². The molecule has 108 valence electrons. The summed E-state index contributed by atoms with van der Waals surface area (Å²) in [5, 5.41) is 0. The first kappa shape index (κ1) is 13.8. The first-order valence-corrected chi connectivity index (χ1v) is 8.61. The lowest BCUT2D eigenvalue weighted by molar-refractivity contribution is 0.345. The van der Waals surface area contributed by atoms with E-state index >= 15 is 0 Å². The number of nitrogens with two attached hydrogens (primary N) is 1. The monoisotopic (exact) mass is 289 g/mol. The number of guanidine groups is 1. The minimum absolute atomic E-state index is 0.425. The molecule has 20 heavy (non-hydrogen) atoms. The van der Waals surface area contributed by atoms with E-state index in [2.05, 4.69) is 36.1 Å². The van der Waals surface area contributed by atoms with Crippen LogP contribution >= 0.6 is 11.8 Å². The van der Waals surface area contributed by atoms with Crippen molar-refractivity contribution in [1.29, 1.82) is 0 Å². The lowest BCUT2D eigenvalue weighted by Gasteiger charge is -2.35. The summed E-state index contributed by atoms with van der Waals surface area (Å²) in [5.74, 6) is 3.78. The van der Waals surface area contributed by atoms with E-state index in [1.807, 2.05) is 11.8 Å². The van der Waals surface area contributed by atoms with Gasteiger partial charge in [-0.25, -0.2) is 4.99 Å². The van der Waals surface area contributed by atoms with Crippen LogP contribution in [0.15, 0.2) is 29.3 Å².